The van der Waals surface area contributed by atoms with Gasteiger partial charge in [0.25, 0.3) is 0 Å². The van der Waals surface area contributed by atoms with Crippen LogP contribution in [-0.4, -0.2) is 47.2 Å². The van der Waals surface area contributed by atoms with Gasteiger partial charge in [0.2, 0.25) is 0 Å². The van der Waals surface area contributed by atoms with E-state index in [4.69, 9.17) is 9.47 Å². The first-order valence-electron chi connectivity index (χ1n) is 12.1. The summed E-state index contributed by atoms with van der Waals surface area (Å²) in [6.45, 7) is 8.32. The van der Waals surface area contributed by atoms with E-state index in [0.717, 1.165) is 50.2 Å². The zero-order valence-corrected chi connectivity index (χ0v) is 20.0. The molecule has 6 nitrogen and oxygen atoms in total. The number of fused-ring (bicyclic) bond motifs is 1. The van der Waals surface area contributed by atoms with Crippen molar-refractivity contribution in [3.05, 3.63) is 59.4 Å². The molecule has 176 valence electrons. The fourth-order valence-corrected chi connectivity index (χ4v) is 4.86. The molecular weight excluding hydrogens is 414 g/mol. The molecule has 0 unspecified atom stereocenters. The van der Waals surface area contributed by atoms with Crippen molar-refractivity contribution in [3.8, 4) is 5.75 Å². The molecule has 1 aromatic carbocycles. The highest BCUT2D eigenvalue weighted by atomic mass is 16.5. The second-order valence-electron chi connectivity index (χ2n) is 8.81. The minimum atomic E-state index is -0.331. The molecule has 0 amide bonds. The Hall–Kier alpha value is -2.86. The average molecular weight is 450 g/mol. The smallest absolute Gasteiger partial charge is 0.341 e. The molecule has 3 aromatic rings. The normalized spacial score (nSPS) is 15.1. The number of pyridine rings is 1. The van der Waals surface area contributed by atoms with E-state index in [0.29, 0.717) is 23.8 Å². The first-order chi connectivity index (χ1) is 16.1. The Kier molecular flexibility index (Phi) is 7.65. The molecule has 0 atom stereocenters. The van der Waals surface area contributed by atoms with Gasteiger partial charge >= 0.3 is 5.97 Å². The number of esters is 1. The third-order valence-electron chi connectivity index (χ3n) is 6.61. The first-order valence-corrected chi connectivity index (χ1v) is 12.1. The van der Waals surface area contributed by atoms with Gasteiger partial charge < -0.3 is 14.0 Å². The SMILES string of the molecule is CCCCn1cc(C2CCN(Cc3ccc(OC)c(C(=O)OCC)c3)CC2)c2cccnc21. The first kappa shape index (κ1) is 23.3. The van der Waals surface area contributed by atoms with Gasteiger partial charge in [-0.25, -0.2) is 9.78 Å². The summed E-state index contributed by atoms with van der Waals surface area (Å²) >= 11 is 0. The molecule has 1 aliphatic heterocycles. The number of piperidine rings is 1. The lowest BCUT2D eigenvalue weighted by molar-refractivity contribution is 0.0522. The molecular formula is C27H35N3O3. The summed E-state index contributed by atoms with van der Waals surface area (Å²) in [5.74, 6) is 0.786. The molecule has 0 radical (unpaired) electrons. The van der Waals surface area contributed by atoms with E-state index in [1.807, 2.05) is 31.3 Å². The Bertz CT molecular complexity index is 1080. The third kappa shape index (κ3) is 5.22. The van der Waals surface area contributed by atoms with E-state index >= 15 is 0 Å². The zero-order valence-electron chi connectivity index (χ0n) is 20.0. The predicted octanol–water partition coefficient (Wildman–Crippen LogP) is 5.40. The standard InChI is InChI=1S/C27H35N3O3/c1-4-6-14-30-19-24(22-8-7-13-28-26(22)30)21-11-15-29(16-12-21)18-20-9-10-25(32-3)23(17-20)27(31)33-5-2/h7-10,13,17,19,21H,4-6,11-12,14-16,18H2,1-3H3. The van der Waals surface area contributed by atoms with Crippen molar-refractivity contribution in [2.45, 2.75) is 58.5 Å². The van der Waals surface area contributed by atoms with E-state index in [1.165, 1.54) is 23.8 Å². The highest BCUT2D eigenvalue weighted by Gasteiger charge is 2.24. The zero-order chi connectivity index (χ0) is 23.2. The lowest BCUT2D eigenvalue weighted by Gasteiger charge is -2.32. The van der Waals surface area contributed by atoms with Gasteiger partial charge in [0, 0.05) is 30.9 Å². The Morgan fingerprint density at radius 2 is 2.00 bits per heavy atom. The summed E-state index contributed by atoms with van der Waals surface area (Å²) in [4.78, 5) is 19.5. The fraction of sp³-hybridized carbons (Fsp3) is 0.481. The van der Waals surface area contributed by atoms with Gasteiger partial charge in [-0.3, -0.25) is 4.90 Å². The van der Waals surface area contributed by atoms with E-state index in [2.05, 4.69) is 39.7 Å². The van der Waals surface area contributed by atoms with Crippen LogP contribution in [0.3, 0.4) is 0 Å². The Morgan fingerprint density at radius 1 is 1.18 bits per heavy atom. The summed E-state index contributed by atoms with van der Waals surface area (Å²) in [5.41, 5.74) is 4.17. The number of ether oxygens (including phenoxy) is 2. The van der Waals surface area contributed by atoms with Gasteiger partial charge in [-0.1, -0.05) is 19.4 Å². The predicted molar refractivity (Wildman–Crippen MR) is 131 cm³/mol. The van der Waals surface area contributed by atoms with Crippen molar-refractivity contribution in [1.82, 2.24) is 14.5 Å². The number of hydrogen-bond acceptors (Lipinski definition) is 5. The summed E-state index contributed by atoms with van der Waals surface area (Å²) in [5, 5.41) is 1.31. The molecule has 1 aliphatic rings. The van der Waals surface area contributed by atoms with Gasteiger partial charge in [-0.05, 0) is 80.6 Å². The molecule has 0 bridgehead atoms. The van der Waals surface area contributed by atoms with Crippen molar-refractivity contribution >= 4 is 17.0 Å². The van der Waals surface area contributed by atoms with Crippen LogP contribution in [0.4, 0.5) is 0 Å². The number of carbonyl (C=O) groups is 1. The number of nitrogens with zero attached hydrogens (tertiary/aromatic N) is 3. The minimum absolute atomic E-state index is 0.331. The van der Waals surface area contributed by atoms with Crippen LogP contribution in [0.5, 0.6) is 5.75 Å². The van der Waals surface area contributed by atoms with Crippen molar-refractivity contribution in [3.63, 3.8) is 0 Å². The molecule has 4 rings (SSSR count). The van der Waals surface area contributed by atoms with E-state index in [1.54, 1.807) is 7.11 Å². The summed E-state index contributed by atoms with van der Waals surface area (Å²) in [6, 6.07) is 10.1. The second-order valence-corrected chi connectivity index (χ2v) is 8.81. The summed E-state index contributed by atoms with van der Waals surface area (Å²) < 4.78 is 12.9. The third-order valence-corrected chi connectivity index (χ3v) is 6.61. The Labute approximate surface area is 196 Å². The number of methoxy groups -OCH3 is 1. The molecule has 6 heteroatoms. The Morgan fingerprint density at radius 3 is 2.73 bits per heavy atom. The number of rotatable bonds is 9. The summed E-state index contributed by atoms with van der Waals surface area (Å²) in [7, 11) is 1.58. The van der Waals surface area contributed by atoms with Gasteiger partial charge in [0.05, 0.1) is 13.7 Å². The lowest BCUT2D eigenvalue weighted by atomic mass is 9.89. The fourth-order valence-electron chi connectivity index (χ4n) is 4.86. The maximum absolute atomic E-state index is 12.3. The van der Waals surface area contributed by atoms with Gasteiger partial charge in [-0.15, -0.1) is 0 Å². The minimum Gasteiger partial charge on any atom is -0.496 e. The highest BCUT2D eigenvalue weighted by molar-refractivity contribution is 5.92. The topological polar surface area (TPSA) is 56.6 Å². The molecule has 3 heterocycles. The molecule has 2 aromatic heterocycles. The monoisotopic (exact) mass is 449 g/mol. The van der Waals surface area contributed by atoms with Crippen LogP contribution in [0.2, 0.25) is 0 Å². The molecule has 0 aliphatic carbocycles. The van der Waals surface area contributed by atoms with Crippen LogP contribution >= 0.6 is 0 Å². The van der Waals surface area contributed by atoms with Crippen molar-refractivity contribution in [1.29, 1.82) is 0 Å². The van der Waals surface area contributed by atoms with E-state index < -0.39 is 0 Å². The van der Waals surface area contributed by atoms with Crippen molar-refractivity contribution in [2.75, 3.05) is 26.8 Å². The van der Waals surface area contributed by atoms with E-state index in [-0.39, 0.29) is 5.97 Å². The quantitative estimate of drug-likeness (QED) is 0.409. The molecule has 1 fully saturated rings. The number of benzene rings is 1. The van der Waals surface area contributed by atoms with Gasteiger partial charge in [0.1, 0.15) is 17.0 Å². The molecule has 1 saturated heterocycles. The van der Waals surface area contributed by atoms with Gasteiger partial charge in [0.15, 0.2) is 0 Å². The highest BCUT2D eigenvalue weighted by Crippen LogP contribution is 2.34. The largest absolute Gasteiger partial charge is 0.496 e. The number of likely N-dealkylation sites (tertiary alicyclic amines) is 1. The second kappa shape index (κ2) is 10.8. The maximum atomic E-state index is 12.3. The molecule has 0 N–H and O–H groups in total. The number of aryl methyl sites for hydroxylation is 1. The molecule has 0 spiro atoms. The van der Waals surface area contributed by atoms with Crippen molar-refractivity contribution < 1.29 is 14.3 Å². The average Bonchev–Trinajstić information content (AvgIpc) is 3.22. The van der Waals surface area contributed by atoms with Crippen LogP contribution in [0.25, 0.3) is 11.0 Å². The molecule has 0 saturated carbocycles. The van der Waals surface area contributed by atoms with Crippen LogP contribution in [0, 0.1) is 0 Å². The molecule has 33 heavy (non-hydrogen) atoms. The number of hydrogen-bond donors (Lipinski definition) is 0. The van der Waals surface area contributed by atoms with Crippen LogP contribution in [0.1, 0.15) is 66.9 Å². The lowest BCUT2D eigenvalue weighted by Crippen LogP contribution is -2.32. The van der Waals surface area contributed by atoms with Crippen LogP contribution < -0.4 is 4.74 Å². The number of unbranched alkanes of at least 4 members (excludes halogenated alkanes) is 1. The number of aromatic nitrogens is 2. The van der Waals surface area contributed by atoms with E-state index in [9.17, 15) is 4.79 Å². The van der Waals surface area contributed by atoms with Gasteiger partial charge in [-0.2, -0.15) is 0 Å². The summed E-state index contributed by atoms with van der Waals surface area (Å²) in [6.07, 6.45) is 8.86. The Balaban J connectivity index is 1.44. The van der Waals surface area contributed by atoms with Crippen LogP contribution in [-0.2, 0) is 17.8 Å². The number of carbonyl (C=O) groups excluding carboxylic acids is 1. The van der Waals surface area contributed by atoms with Crippen molar-refractivity contribution in [2.24, 2.45) is 0 Å². The van der Waals surface area contributed by atoms with Crippen LogP contribution in [0.15, 0.2) is 42.7 Å². The maximum Gasteiger partial charge on any atom is 0.341 e.